The van der Waals surface area contributed by atoms with Gasteiger partial charge in [-0.25, -0.2) is 23.9 Å². The van der Waals surface area contributed by atoms with Crippen molar-refractivity contribution in [1.29, 1.82) is 0 Å². The van der Waals surface area contributed by atoms with Crippen molar-refractivity contribution >= 4 is 10.8 Å². The minimum Gasteiger partial charge on any atom is -0.246 e. The summed E-state index contributed by atoms with van der Waals surface area (Å²) in [6, 6.07) is 22.4. The van der Waals surface area contributed by atoms with Gasteiger partial charge in [0.2, 0.25) is 0 Å². The van der Waals surface area contributed by atoms with E-state index in [2.05, 4.69) is 47.6 Å². The van der Waals surface area contributed by atoms with Crippen LogP contribution >= 0.6 is 0 Å². The van der Waals surface area contributed by atoms with Crippen molar-refractivity contribution in [2.24, 2.45) is 7.05 Å². The average Bonchev–Trinajstić information content (AvgIpc) is 3.00. The molecule has 0 fully saturated rings. The van der Waals surface area contributed by atoms with Crippen LogP contribution in [-0.2, 0) is 7.05 Å². The first-order valence-electron chi connectivity index (χ1n) is 9.27. The molecule has 1 heterocycles. The molecule has 0 amide bonds. The first-order chi connectivity index (χ1) is 13.6. The number of aromatic amines is 1. The maximum absolute atomic E-state index is 12.6. The van der Waals surface area contributed by atoms with Gasteiger partial charge in [-0.2, -0.15) is 0 Å². The van der Waals surface area contributed by atoms with E-state index in [1.165, 1.54) is 22.9 Å². The fourth-order valence-corrected chi connectivity index (χ4v) is 4.16. The molecule has 1 aliphatic carbocycles. The number of rotatable bonds is 2. The van der Waals surface area contributed by atoms with E-state index in [0.29, 0.717) is 0 Å². The Bertz CT molecular complexity index is 1330. The minimum atomic E-state index is -0.411. The van der Waals surface area contributed by atoms with Crippen molar-refractivity contribution < 1.29 is 0 Å². The van der Waals surface area contributed by atoms with Crippen molar-refractivity contribution in [2.45, 2.75) is 12.0 Å². The second-order valence-electron chi connectivity index (χ2n) is 7.14. The lowest BCUT2D eigenvalue weighted by Crippen LogP contribution is -2.29. The van der Waals surface area contributed by atoms with E-state index in [1.54, 1.807) is 0 Å². The SMILES string of the molecule is Cn1c(=O)[nH]n([C@H]2C=C[C@@H](c3ccccc3)c3c2ccc2ccccc32)c1=O. The van der Waals surface area contributed by atoms with Crippen LogP contribution in [0.5, 0.6) is 0 Å². The van der Waals surface area contributed by atoms with E-state index >= 15 is 0 Å². The van der Waals surface area contributed by atoms with Gasteiger partial charge in [0.15, 0.2) is 0 Å². The van der Waals surface area contributed by atoms with Gasteiger partial charge in [0.25, 0.3) is 0 Å². The fraction of sp³-hybridized carbons (Fsp3) is 0.130. The maximum atomic E-state index is 12.6. The first-order valence-corrected chi connectivity index (χ1v) is 9.27. The summed E-state index contributed by atoms with van der Waals surface area (Å²) in [4.78, 5) is 24.6. The van der Waals surface area contributed by atoms with Crippen molar-refractivity contribution in [2.75, 3.05) is 0 Å². The van der Waals surface area contributed by atoms with E-state index in [9.17, 15) is 9.59 Å². The molecule has 1 N–H and O–H groups in total. The summed E-state index contributed by atoms with van der Waals surface area (Å²) in [5.74, 6) is 0.0877. The summed E-state index contributed by atoms with van der Waals surface area (Å²) in [5, 5.41) is 5.01. The number of hydrogen-bond acceptors (Lipinski definition) is 2. The van der Waals surface area contributed by atoms with E-state index in [-0.39, 0.29) is 17.6 Å². The molecule has 0 saturated carbocycles. The monoisotopic (exact) mass is 369 g/mol. The zero-order valence-electron chi connectivity index (χ0n) is 15.4. The molecule has 0 bridgehead atoms. The minimum absolute atomic E-state index is 0.0877. The molecule has 0 saturated heterocycles. The Morgan fingerprint density at radius 2 is 1.61 bits per heavy atom. The largest absolute Gasteiger partial charge is 0.347 e. The predicted octanol–water partition coefficient (Wildman–Crippen LogP) is 3.32. The molecule has 0 unspecified atom stereocenters. The van der Waals surface area contributed by atoms with Gasteiger partial charge >= 0.3 is 11.4 Å². The molecule has 5 rings (SSSR count). The van der Waals surface area contributed by atoms with Crippen LogP contribution in [0.3, 0.4) is 0 Å². The smallest absolute Gasteiger partial charge is 0.246 e. The van der Waals surface area contributed by atoms with Gasteiger partial charge in [-0.05, 0) is 27.5 Å². The van der Waals surface area contributed by atoms with Crippen LogP contribution in [0.4, 0.5) is 0 Å². The second kappa shape index (κ2) is 6.23. The first kappa shape index (κ1) is 16.6. The number of hydrogen-bond donors (Lipinski definition) is 1. The third kappa shape index (κ3) is 2.40. The number of benzene rings is 3. The number of nitrogens with one attached hydrogen (secondary N) is 1. The molecular formula is C23H19N3O2. The molecule has 5 nitrogen and oxygen atoms in total. The van der Waals surface area contributed by atoms with Gasteiger partial charge in [-0.1, -0.05) is 78.9 Å². The fourth-order valence-electron chi connectivity index (χ4n) is 4.16. The van der Waals surface area contributed by atoms with Crippen LogP contribution < -0.4 is 11.4 Å². The quantitative estimate of drug-likeness (QED) is 0.551. The average molecular weight is 369 g/mol. The summed E-state index contributed by atoms with van der Waals surface area (Å²) < 4.78 is 2.51. The van der Waals surface area contributed by atoms with Gasteiger partial charge in [-0.15, -0.1) is 0 Å². The number of aromatic nitrogens is 3. The Morgan fingerprint density at radius 1 is 0.857 bits per heavy atom. The highest BCUT2D eigenvalue weighted by molar-refractivity contribution is 5.88. The van der Waals surface area contributed by atoms with Crippen LogP contribution in [0.2, 0.25) is 0 Å². The molecule has 1 aliphatic rings. The summed E-state index contributed by atoms with van der Waals surface area (Å²) in [5.41, 5.74) is 2.64. The lowest BCUT2D eigenvalue weighted by molar-refractivity contribution is 0.567. The van der Waals surface area contributed by atoms with Gasteiger partial charge < -0.3 is 0 Å². The van der Waals surface area contributed by atoms with Gasteiger partial charge in [-0.3, -0.25) is 0 Å². The van der Waals surface area contributed by atoms with E-state index in [0.717, 1.165) is 20.9 Å². The number of fused-ring (bicyclic) bond motifs is 3. The number of nitrogens with zero attached hydrogens (tertiary/aromatic N) is 2. The Labute approximate surface area is 161 Å². The summed E-state index contributed by atoms with van der Waals surface area (Å²) >= 11 is 0. The van der Waals surface area contributed by atoms with Crippen LogP contribution in [-0.4, -0.2) is 14.3 Å². The molecule has 0 spiro atoms. The molecule has 4 aromatic rings. The Morgan fingerprint density at radius 3 is 2.36 bits per heavy atom. The topological polar surface area (TPSA) is 59.8 Å². The van der Waals surface area contributed by atoms with Gasteiger partial charge in [0.05, 0.1) is 6.04 Å². The molecule has 0 radical (unpaired) electrons. The Kier molecular flexibility index (Phi) is 3.69. The lowest BCUT2D eigenvalue weighted by atomic mass is 9.79. The molecule has 5 heteroatoms. The van der Waals surface area contributed by atoms with Crippen LogP contribution in [0.15, 0.2) is 88.5 Å². The molecule has 3 aromatic carbocycles. The third-order valence-electron chi connectivity index (χ3n) is 5.57. The lowest BCUT2D eigenvalue weighted by Gasteiger charge is -2.28. The molecule has 1 aromatic heterocycles. The van der Waals surface area contributed by atoms with Crippen LogP contribution in [0.25, 0.3) is 10.8 Å². The van der Waals surface area contributed by atoms with Crippen LogP contribution in [0, 0.1) is 0 Å². The van der Waals surface area contributed by atoms with Crippen molar-refractivity contribution in [3.05, 3.63) is 117 Å². The molecule has 0 aliphatic heterocycles. The predicted molar refractivity (Wildman–Crippen MR) is 110 cm³/mol. The zero-order chi connectivity index (χ0) is 19.3. The summed E-state index contributed by atoms with van der Waals surface area (Å²) in [7, 11) is 1.48. The maximum Gasteiger partial charge on any atom is 0.347 e. The van der Waals surface area contributed by atoms with Gasteiger partial charge in [0, 0.05) is 13.0 Å². The van der Waals surface area contributed by atoms with Crippen molar-refractivity contribution in [3.8, 4) is 0 Å². The molecular weight excluding hydrogens is 350 g/mol. The van der Waals surface area contributed by atoms with Crippen molar-refractivity contribution in [3.63, 3.8) is 0 Å². The van der Waals surface area contributed by atoms with Crippen LogP contribution in [0.1, 0.15) is 28.7 Å². The zero-order valence-corrected chi connectivity index (χ0v) is 15.4. The highest BCUT2D eigenvalue weighted by atomic mass is 16.2. The van der Waals surface area contributed by atoms with E-state index < -0.39 is 5.69 Å². The third-order valence-corrected chi connectivity index (χ3v) is 5.57. The van der Waals surface area contributed by atoms with Gasteiger partial charge in [0.1, 0.15) is 0 Å². The summed E-state index contributed by atoms with van der Waals surface area (Å²) in [6.07, 6.45) is 4.14. The molecule has 28 heavy (non-hydrogen) atoms. The number of allylic oxidation sites excluding steroid dienone is 2. The van der Waals surface area contributed by atoms with E-state index in [4.69, 9.17) is 0 Å². The highest BCUT2D eigenvalue weighted by Crippen LogP contribution is 2.41. The second-order valence-corrected chi connectivity index (χ2v) is 7.14. The Balaban J connectivity index is 1.81. The van der Waals surface area contributed by atoms with Crippen molar-refractivity contribution in [1.82, 2.24) is 14.3 Å². The molecule has 2 atom stereocenters. The summed E-state index contributed by atoms with van der Waals surface area (Å²) in [6.45, 7) is 0. The Hall–Kier alpha value is -3.60. The normalized spacial score (nSPS) is 18.3. The van der Waals surface area contributed by atoms with E-state index in [1.807, 2.05) is 36.4 Å². The standard InChI is InChI=1S/C23H19N3O2/c1-25-22(27)24-26(23(25)28)20-14-13-18(15-7-3-2-4-8-15)21-17-10-6-5-9-16(17)11-12-19(20)21/h2-14,18,20H,1H3,(H,24,27)/t18-,20-/m0/s1. The number of H-pyrrole nitrogens is 1. The highest BCUT2D eigenvalue weighted by Gasteiger charge is 2.28. The molecule has 138 valence electrons.